The van der Waals surface area contributed by atoms with Crippen molar-refractivity contribution in [1.29, 1.82) is 0 Å². The van der Waals surface area contributed by atoms with Crippen LogP contribution < -0.4 is 5.32 Å². The van der Waals surface area contributed by atoms with E-state index in [4.69, 9.17) is 0 Å². The van der Waals surface area contributed by atoms with Crippen LogP contribution in [0.2, 0.25) is 0 Å². The molecule has 0 aliphatic heterocycles. The zero-order valence-electron chi connectivity index (χ0n) is 19.1. The van der Waals surface area contributed by atoms with Gasteiger partial charge in [0.15, 0.2) is 0 Å². The Bertz CT molecular complexity index is 1650. The number of aromatic carboxylic acids is 1. The molecule has 0 aliphatic carbocycles. The number of aromatic nitrogens is 2. The topological polar surface area (TPSA) is 87.1 Å². The molecule has 0 bridgehead atoms. The molecule has 0 radical (unpaired) electrons. The molecule has 0 fully saturated rings. The molecule has 0 spiro atoms. The van der Waals surface area contributed by atoms with E-state index in [-0.39, 0.29) is 11.6 Å². The molecule has 1 amide bonds. The Hall–Kier alpha value is -4.76. The SMILES string of the molecule is CCCNC(=O)n1ccc2ccc(C#Cc3cccc(C(=O)O)c3-c3ccc4cc[nH]c4c3)cc21. The van der Waals surface area contributed by atoms with E-state index in [1.807, 2.05) is 67.7 Å². The second-order valence-corrected chi connectivity index (χ2v) is 8.25. The third-order valence-electron chi connectivity index (χ3n) is 5.92. The van der Waals surface area contributed by atoms with Crippen molar-refractivity contribution < 1.29 is 14.7 Å². The summed E-state index contributed by atoms with van der Waals surface area (Å²) in [5.41, 5.74) is 4.58. The zero-order chi connectivity index (χ0) is 24.4. The van der Waals surface area contributed by atoms with Crippen molar-refractivity contribution >= 4 is 33.8 Å². The van der Waals surface area contributed by atoms with Crippen LogP contribution in [0.1, 0.15) is 34.8 Å². The largest absolute Gasteiger partial charge is 0.478 e. The summed E-state index contributed by atoms with van der Waals surface area (Å²) in [6, 6.07) is 20.3. The fourth-order valence-corrected chi connectivity index (χ4v) is 4.19. The van der Waals surface area contributed by atoms with Crippen LogP contribution in [0.4, 0.5) is 4.79 Å². The number of carboxylic acids is 1. The van der Waals surface area contributed by atoms with E-state index in [0.717, 1.165) is 39.4 Å². The molecule has 0 saturated heterocycles. The van der Waals surface area contributed by atoms with Gasteiger partial charge in [0, 0.05) is 46.5 Å². The number of benzene rings is 3. The summed E-state index contributed by atoms with van der Waals surface area (Å²) < 4.78 is 1.58. The molecule has 0 aliphatic rings. The molecule has 35 heavy (non-hydrogen) atoms. The molecule has 0 unspecified atom stereocenters. The van der Waals surface area contributed by atoms with Gasteiger partial charge >= 0.3 is 12.0 Å². The average Bonchev–Trinajstić information content (AvgIpc) is 3.52. The van der Waals surface area contributed by atoms with Crippen molar-refractivity contribution in [2.75, 3.05) is 6.54 Å². The Morgan fingerprint density at radius 3 is 2.69 bits per heavy atom. The maximum absolute atomic E-state index is 12.5. The number of aromatic amines is 1. The minimum absolute atomic E-state index is 0.178. The molecule has 3 aromatic carbocycles. The first-order valence-corrected chi connectivity index (χ1v) is 11.4. The molecule has 5 rings (SSSR count). The number of nitrogens with zero attached hydrogens (tertiary/aromatic N) is 1. The summed E-state index contributed by atoms with van der Waals surface area (Å²) >= 11 is 0. The molecule has 2 aromatic heterocycles. The molecule has 6 nitrogen and oxygen atoms in total. The molecule has 2 heterocycles. The lowest BCUT2D eigenvalue weighted by atomic mass is 9.93. The zero-order valence-corrected chi connectivity index (χ0v) is 19.1. The summed E-state index contributed by atoms with van der Waals surface area (Å²) in [5.74, 6) is 5.33. The minimum Gasteiger partial charge on any atom is -0.478 e. The quantitative estimate of drug-likeness (QED) is 0.293. The Labute approximate surface area is 202 Å². The van der Waals surface area contributed by atoms with Crippen LogP contribution in [0.25, 0.3) is 32.9 Å². The summed E-state index contributed by atoms with van der Waals surface area (Å²) in [4.78, 5) is 27.7. The van der Waals surface area contributed by atoms with Gasteiger partial charge in [-0.3, -0.25) is 4.57 Å². The van der Waals surface area contributed by atoms with Crippen LogP contribution in [-0.2, 0) is 0 Å². The number of amides is 1. The average molecular weight is 462 g/mol. The maximum Gasteiger partial charge on any atom is 0.336 e. The number of carbonyl (C=O) groups is 2. The minimum atomic E-state index is -1.01. The molecule has 172 valence electrons. The van der Waals surface area contributed by atoms with E-state index >= 15 is 0 Å². The van der Waals surface area contributed by atoms with Crippen molar-refractivity contribution in [2.24, 2.45) is 0 Å². The van der Waals surface area contributed by atoms with E-state index in [2.05, 4.69) is 22.1 Å². The predicted octanol–water partition coefficient (Wildman–Crippen LogP) is 5.86. The Balaban J connectivity index is 1.58. The lowest BCUT2D eigenvalue weighted by Crippen LogP contribution is -2.28. The third-order valence-corrected chi connectivity index (χ3v) is 5.92. The van der Waals surface area contributed by atoms with Crippen molar-refractivity contribution in [3.8, 4) is 23.0 Å². The van der Waals surface area contributed by atoms with Crippen LogP contribution >= 0.6 is 0 Å². The normalized spacial score (nSPS) is 10.8. The highest BCUT2D eigenvalue weighted by molar-refractivity contribution is 5.99. The van der Waals surface area contributed by atoms with Gasteiger partial charge < -0.3 is 15.4 Å². The van der Waals surface area contributed by atoms with E-state index in [1.165, 1.54) is 0 Å². The van der Waals surface area contributed by atoms with Gasteiger partial charge in [0.2, 0.25) is 0 Å². The Morgan fingerprint density at radius 2 is 1.86 bits per heavy atom. The van der Waals surface area contributed by atoms with Gasteiger partial charge in [-0.05, 0) is 59.8 Å². The summed E-state index contributed by atoms with van der Waals surface area (Å²) in [5, 5.41) is 14.7. The first-order valence-electron chi connectivity index (χ1n) is 11.4. The van der Waals surface area contributed by atoms with E-state index in [9.17, 15) is 14.7 Å². The monoisotopic (exact) mass is 461 g/mol. The van der Waals surface area contributed by atoms with Crippen LogP contribution in [0.5, 0.6) is 0 Å². The third kappa shape index (κ3) is 4.28. The van der Waals surface area contributed by atoms with Crippen LogP contribution in [-0.4, -0.2) is 33.2 Å². The number of nitrogens with one attached hydrogen (secondary N) is 2. The molecule has 6 heteroatoms. The number of hydrogen-bond donors (Lipinski definition) is 3. The van der Waals surface area contributed by atoms with Crippen molar-refractivity contribution in [1.82, 2.24) is 14.9 Å². The maximum atomic E-state index is 12.5. The summed E-state index contributed by atoms with van der Waals surface area (Å²) in [6.45, 7) is 2.61. The van der Waals surface area contributed by atoms with Crippen LogP contribution in [0.15, 0.2) is 79.1 Å². The van der Waals surface area contributed by atoms with E-state index < -0.39 is 5.97 Å². The fourth-order valence-electron chi connectivity index (χ4n) is 4.19. The molecular weight excluding hydrogens is 438 g/mol. The van der Waals surface area contributed by atoms with Gasteiger partial charge in [0.05, 0.1) is 11.1 Å². The highest BCUT2D eigenvalue weighted by Gasteiger charge is 2.16. The first-order chi connectivity index (χ1) is 17.0. The first kappa shape index (κ1) is 22.1. The molecule has 0 saturated carbocycles. The summed E-state index contributed by atoms with van der Waals surface area (Å²) in [7, 11) is 0. The van der Waals surface area contributed by atoms with E-state index in [0.29, 0.717) is 17.7 Å². The Morgan fingerprint density at radius 1 is 1.00 bits per heavy atom. The van der Waals surface area contributed by atoms with Gasteiger partial charge in [0.25, 0.3) is 0 Å². The summed E-state index contributed by atoms with van der Waals surface area (Å²) in [6.07, 6.45) is 4.46. The van der Waals surface area contributed by atoms with Gasteiger partial charge in [-0.25, -0.2) is 9.59 Å². The van der Waals surface area contributed by atoms with Gasteiger partial charge in [-0.1, -0.05) is 43.0 Å². The lowest BCUT2D eigenvalue weighted by Gasteiger charge is -2.10. The molecule has 3 N–H and O–H groups in total. The van der Waals surface area contributed by atoms with Gasteiger partial charge in [-0.15, -0.1) is 0 Å². The second kappa shape index (κ2) is 9.24. The van der Waals surface area contributed by atoms with E-state index in [1.54, 1.807) is 22.9 Å². The number of hydrogen-bond acceptors (Lipinski definition) is 2. The van der Waals surface area contributed by atoms with Crippen LogP contribution in [0.3, 0.4) is 0 Å². The number of carbonyl (C=O) groups excluding carboxylic acids is 1. The van der Waals surface area contributed by atoms with Gasteiger partial charge in [-0.2, -0.15) is 0 Å². The highest BCUT2D eigenvalue weighted by Crippen LogP contribution is 2.30. The molecular formula is C29H23N3O3. The number of carboxylic acid groups (broad SMARTS) is 1. The second-order valence-electron chi connectivity index (χ2n) is 8.25. The highest BCUT2D eigenvalue weighted by atomic mass is 16.4. The number of H-pyrrole nitrogens is 1. The predicted molar refractivity (Wildman–Crippen MR) is 138 cm³/mol. The fraction of sp³-hybridized carbons (Fsp3) is 0.103. The number of fused-ring (bicyclic) bond motifs is 2. The number of rotatable bonds is 4. The lowest BCUT2D eigenvalue weighted by molar-refractivity contribution is 0.0697. The van der Waals surface area contributed by atoms with Crippen molar-refractivity contribution in [3.05, 3.63) is 95.8 Å². The molecule has 5 aromatic rings. The van der Waals surface area contributed by atoms with Crippen LogP contribution in [0, 0.1) is 11.8 Å². The standard InChI is InChI=1S/C29H23N3O3/c1-2-14-31-29(35)32-16-13-21-8-6-19(17-26(21)32)7-9-22-4-3-5-24(28(33)34)27(22)23-11-10-20-12-15-30-25(20)18-23/h3-6,8,10-13,15-18,30H,2,14H2,1H3,(H,31,35)(H,33,34). The molecule has 0 atom stereocenters. The van der Waals surface area contributed by atoms with Crippen molar-refractivity contribution in [2.45, 2.75) is 13.3 Å². The van der Waals surface area contributed by atoms with Crippen molar-refractivity contribution in [3.63, 3.8) is 0 Å². The Kier molecular flexibility index (Phi) is 5.82. The smallest absolute Gasteiger partial charge is 0.336 e. The van der Waals surface area contributed by atoms with Gasteiger partial charge in [0.1, 0.15) is 0 Å².